The Labute approximate surface area is 159 Å². The van der Waals surface area contributed by atoms with Crippen molar-refractivity contribution in [2.75, 3.05) is 6.61 Å². The van der Waals surface area contributed by atoms with Gasteiger partial charge in [-0.1, -0.05) is 13.0 Å². The summed E-state index contributed by atoms with van der Waals surface area (Å²) < 4.78 is 4.98. The predicted octanol–water partition coefficient (Wildman–Crippen LogP) is 3.75. The molecule has 2 saturated carbocycles. The summed E-state index contributed by atoms with van der Waals surface area (Å²) in [6, 6.07) is 3.57. The van der Waals surface area contributed by atoms with Crippen LogP contribution in [0.1, 0.15) is 68.6 Å². The van der Waals surface area contributed by atoms with E-state index >= 15 is 0 Å². The first kappa shape index (κ1) is 18.2. The van der Waals surface area contributed by atoms with Gasteiger partial charge in [-0.2, -0.15) is 0 Å². The lowest BCUT2D eigenvalue weighted by Gasteiger charge is -2.48. The summed E-state index contributed by atoms with van der Waals surface area (Å²) in [5.74, 6) is 0.942. The number of ketones is 1. The van der Waals surface area contributed by atoms with Crippen LogP contribution in [0.15, 0.2) is 12.1 Å². The minimum Gasteiger partial charge on any atom is -0.507 e. The van der Waals surface area contributed by atoms with Crippen LogP contribution in [0.2, 0.25) is 0 Å². The molecule has 5 heteroatoms. The van der Waals surface area contributed by atoms with Gasteiger partial charge in [0, 0.05) is 11.8 Å². The third-order valence-electron chi connectivity index (χ3n) is 7.33. The highest BCUT2D eigenvalue weighted by atomic mass is 16.5. The van der Waals surface area contributed by atoms with Gasteiger partial charge in [-0.15, -0.1) is 0 Å². The molecule has 0 aliphatic heterocycles. The Morgan fingerprint density at radius 3 is 2.81 bits per heavy atom. The summed E-state index contributed by atoms with van der Waals surface area (Å²) in [7, 11) is 0. The van der Waals surface area contributed by atoms with Gasteiger partial charge in [0.25, 0.3) is 0 Å². The second kappa shape index (κ2) is 6.47. The lowest BCUT2D eigenvalue weighted by Crippen LogP contribution is -2.42. The molecule has 2 unspecified atom stereocenters. The maximum atomic E-state index is 12.5. The second-order valence-electron chi connectivity index (χ2n) is 8.46. The van der Waals surface area contributed by atoms with Crippen LogP contribution in [0.3, 0.4) is 0 Å². The number of Topliss-reactive ketones (excluding diaryl/α,β-unsaturated/α-hetero) is 1. The van der Waals surface area contributed by atoms with Crippen LogP contribution in [0.5, 0.6) is 5.75 Å². The maximum Gasteiger partial charge on any atom is 0.356 e. The van der Waals surface area contributed by atoms with Crippen LogP contribution in [-0.4, -0.2) is 29.2 Å². The van der Waals surface area contributed by atoms with E-state index in [1.807, 2.05) is 6.07 Å². The van der Waals surface area contributed by atoms with Gasteiger partial charge in [-0.3, -0.25) is 10.2 Å². The zero-order valence-electron chi connectivity index (χ0n) is 16.0. The van der Waals surface area contributed by atoms with Gasteiger partial charge in [0.2, 0.25) is 0 Å². The smallest absolute Gasteiger partial charge is 0.356 e. The molecule has 5 nitrogen and oxygen atoms in total. The fourth-order valence-corrected chi connectivity index (χ4v) is 6.01. The zero-order valence-corrected chi connectivity index (χ0v) is 16.0. The van der Waals surface area contributed by atoms with Crippen molar-refractivity contribution in [3.05, 3.63) is 28.8 Å². The Bertz CT molecular complexity index is 830. The van der Waals surface area contributed by atoms with E-state index in [1.165, 1.54) is 0 Å². The summed E-state index contributed by atoms with van der Waals surface area (Å²) >= 11 is 0. The van der Waals surface area contributed by atoms with Gasteiger partial charge in [-0.05, 0) is 74.0 Å². The molecular formula is C22H27NO4. The number of nitrogens with one attached hydrogen (secondary N) is 1. The van der Waals surface area contributed by atoms with Crippen LogP contribution < -0.4 is 0 Å². The molecule has 0 aromatic heterocycles. The molecule has 1 aromatic rings. The highest BCUT2D eigenvalue weighted by Gasteiger charge is 2.54. The lowest BCUT2D eigenvalue weighted by atomic mass is 9.55. The number of hydrogen-bond donors (Lipinski definition) is 2. The molecule has 2 fully saturated rings. The third kappa shape index (κ3) is 2.62. The average Bonchev–Trinajstić information content (AvgIpc) is 2.96. The van der Waals surface area contributed by atoms with E-state index in [4.69, 9.17) is 10.1 Å². The van der Waals surface area contributed by atoms with Crippen molar-refractivity contribution >= 4 is 17.5 Å². The topological polar surface area (TPSA) is 87.5 Å². The highest BCUT2D eigenvalue weighted by Crippen LogP contribution is 2.59. The molecule has 0 saturated heterocycles. The van der Waals surface area contributed by atoms with E-state index < -0.39 is 5.97 Å². The third-order valence-corrected chi connectivity index (χ3v) is 7.33. The SMILES string of the molecule is CCOC(=O)C(=N)c1c(O)ccc2c1CC[C@@H]1C2CC[C@]2(C)C(=O)CCC12. The first-order valence-electron chi connectivity index (χ1n) is 10.0. The van der Waals surface area contributed by atoms with Gasteiger partial charge >= 0.3 is 5.97 Å². The second-order valence-corrected chi connectivity index (χ2v) is 8.46. The number of carbonyl (C=O) groups excluding carboxylic acids is 2. The van der Waals surface area contributed by atoms with Gasteiger partial charge in [0.05, 0.1) is 12.2 Å². The Morgan fingerprint density at radius 2 is 2.07 bits per heavy atom. The number of carbonyl (C=O) groups is 2. The number of hydrogen-bond acceptors (Lipinski definition) is 5. The number of ether oxygens (including phenoxy) is 1. The van der Waals surface area contributed by atoms with E-state index in [0.717, 1.165) is 43.2 Å². The summed E-state index contributed by atoms with van der Waals surface area (Å²) in [6.07, 6.45) is 5.21. The molecule has 0 radical (unpaired) electrons. The minimum absolute atomic E-state index is 0.0260. The van der Waals surface area contributed by atoms with E-state index in [0.29, 0.717) is 35.5 Å². The first-order valence-corrected chi connectivity index (χ1v) is 10.0. The van der Waals surface area contributed by atoms with Crippen molar-refractivity contribution in [3.63, 3.8) is 0 Å². The van der Waals surface area contributed by atoms with E-state index in [9.17, 15) is 14.7 Å². The molecule has 144 valence electrons. The minimum atomic E-state index is -0.694. The number of benzene rings is 1. The van der Waals surface area contributed by atoms with Crippen LogP contribution in [0.25, 0.3) is 0 Å². The molecule has 0 amide bonds. The van der Waals surface area contributed by atoms with Gasteiger partial charge < -0.3 is 9.84 Å². The molecule has 27 heavy (non-hydrogen) atoms. The van der Waals surface area contributed by atoms with E-state index in [2.05, 4.69) is 6.92 Å². The molecule has 4 atom stereocenters. The summed E-state index contributed by atoms with van der Waals surface area (Å²) in [5.41, 5.74) is 1.97. The van der Waals surface area contributed by atoms with Crippen molar-refractivity contribution in [1.82, 2.24) is 0 Å². The zero-order chi connectivity index (χ0) is 19.3. The van der Waals surface area contributed by atoms with Crippen LogP contribution >= 0.6 is 0 Å². The van der Waals surface area contributed by atoms with Crippen LogP contribution in [0.4, 0.5) is 0 Å². The molecule has 1 aromatic carbocycles. The monoisotopic (exact) mass is 369 g/mol. The van der Waals surface area contributed by atoms with Crippen LogP contribution in [0, 0.1) is 22.7 Å². The number of fused-ring (bicyclic) bond motifs is 5. The predicted molar refractivity (Wildman–Crippen MR) is 101 cm³/mol. The Morgan fingerprint density at radius 1 is 1.30 bits per heavy atom. The largest absolute Gasteiger partial charge is 0.507 e. The van der Waals surface area contributed by atoms with Gasteiger partial charge in [0.15, 0.2) is 5.71 Å². The molecule has 0 bridgehead atoms. The van der Waals surface area contributed by atoms with E-state index in [1.54, 1.807) is 13.0 Å². The van der Waals surface area contributed by atoms with Gasteiger partial charge in [0.1, 0.15) is 11.5 Å². The number of rotatable bonds is 3. The average molecular weight is 369 g/mol. The Hall–Kier alpha value is -2.17. The normalized spacial score (nSPS) is 31.6. The molecule has 2 N–H and O–H groups in total. The van der Waals surface area contributed by atoms with Crippen molar-refractivity contribution < 1.29 is 19.4 Å². The maximum absolute atomic E-state index is 12.5. The fourth-order valence-electron chi connectivity index (χ4n) is 6.01. The molecule has 3 aliphatic carbocycles. The molecule has 0 heterocycles. The number of phenolic OH excluding ortho intramolecular Hbond substituents is 1. The Balaban J connectivity index is 1.72. The summed E-state index contributed by atoms with van der Waals surface area (Å²) in [4.78, 5) is 24.6. The van der Waals surface area contributed by atoms with Crippen molar-refractivity contribution in [3.8, 4) is 5.75 Å². The van der Waals surface area contributed by atoms with Crippen molar-refractivity contribution in [1.29, 1.82) is 5.41 Å². The summed E-state index contributed by atoms with van der Waals surface area (Å²) in [6.45, 7) is 4.06. The number of phenols is 1. The van der Waals surface area contributed by atoms with Crippen LogP contribution in [-0.2, 0) is 20.7 Å². The first-order chi connectivity index (χ1) is 12.9. The standard InChI is InChI=1S/C22H27NO4/c1-3-27-21(26)20(23)19-15-5-4-14-13(12(15)6-8-17(19)24)10-11-22(2)16(14)7-9-18(22)25/h6,8,13-14,16,23-24H,3-5,7,9-11H2,1-2H3/t13?,14-,16?,22+/m1/s1. The number of esters is 1. The number of aromatic hydroxyl groups is 1. The van der Waals surface area contributed by atoms with Crippen molar-refractivity contribution in [2.24, 2.45) is 17.3 Å². The van der Waals surface area contributed by atoms with Crippen molar-refractivity contribution in [2.45, 2.75) is 58.3 Å². The van der Waals surface area contributed by atoms with Gasteiger partial charge in [-0.25, -0.2) is 4.79 Å². The lowest BCUT2D eigenvalue weighted by molar-refractivity contribution is -0.135. The quantitative estimate of drug-likeness (QED) is 0.627. The fraction of sp³-hybridized carbons (Fsp3) is 0.591. The van der Waals surface area contributed by atoms with E-state index in [-0.39, 0.29) is 23.5 Å². The molecule has 4 rings (SSSR count). The summed E-state index contributed by atoms with van der Waals surface area (Å²) in [5, 5.41) is 18.6. The molecule has 3 aliphatic rings. The Kier molecular flexibility index (Phi) is 4.36. The molecule has 0 spiro atoms. The molecular weight excluding hydrogens is 342 g/mol. The highest BCUT2D eigenvalue weighted by molar-refractivity contribution is 6.43.